The number of sulfonamides is 1. The first-order valence-corrected chi connectivity index (χ1v) is 13.8. The minimum atomic E-state index is -3.91. The minimum absolute atomic E-state index is 0.0100. The predicted molar refractivity (Wildman–Crippen MR) is 144 cm³/mol. The largest absolute Gasteiger partial charge is 0.393 e. The van der Waals surface area contributed by atoms with Gasteiger partial charge in [0.05, 0.1) is 49.3 Å². The Morgan fingerprint density at radius 1 is 1.21 bits per heavy atom. The molecule has 0 spiro atoms. The summed E-state index contributed by atoms with van der Waals surface area (Å²) in [5.41, 5.74) is -1.91. The summed E-state index contributed by atoms with van der Waals surface area (Å²) in [5.74, 6) is -4.38. The van der Waals surface area contributed by atoms with Crippen LogP contribution in [0, 0.1) is 11.8 Å². The number of halogens is 2. The molecule has 10 radical (unpaired) electrons. The number of pyridine rings is 1. The molecule has 38 heavy (non-hydrogen) atoms. The molecule has 1 saturated carbocycles. The summed E-state index contributed by atoms with van der Waals surface area (Å²) in [4.78, 5) is 21.7. The number of hydrogen-bond acceptors (Lipinski definition) is 7. The third-order valence-electron chi connectivity index (χ3n) is 7.50. The van der Waals surface area contributed by atoms with E-state index in [4.69, 9.17) is 39.2 Å². The van der Waals surface area contributed by atoms with E-state index in [0.717, 1.165) is 21.2 Å². The smallest absolute Gasteiger partial charge is 0.260 e. The molecule has 0 bridgehead atoms. The fourth-order valence-electron chi connectivity index (χ4n) is 5.34. The van der Waals surface area contributed by atoms with Gasteiger partial charge in [0, 0.05) is 37.3 Å². The van der Waals surface area contributed by atoms with Crippen molar-refractivity contribution in [1.29, 1.82) is 0 Å². The number of hydrogen-bond donors (Lipinski definition) is 2. The van der Waals surface area contributed by atoms with Crippen molar-refractivity contribution in [2.45, 2.75) is 54.7 Å². The van der Waals surface area contributed by atoms with Crippen LogP contribution < -0.4 is 10.9 Å². The van der Waals surface area contributed by atoms with E-state index in [2.05, 4.69) is 15.3 Å². The molecule has 2 aliphatic rings. The lowest BCUT2D eigenvalue weighted by Gasteiger charge is -2.54. The maximum absolute atomic E-state index is 14.1. The number of rotatable bonds is 6. The monoisotopic (exact) mass is 535 g/mol. The summed E-state index contributed by atoms with van der Waals surface area (Å²) >= 11 is 0. The first-order chi connectivity index (χ1) is 17.3. The Labute approximate surface area is 226 Å². The van der Waals surface area contributed by atoms with E-state index >= 15 is 0 Å². The third kappa shape index (κ3) is 5.56. The molecule has 0 amide bonds. The molecule has 1 saturated heterocycles. The maximum atomic E-state index is 14.1. The highest BCUT2D eigenvalue weighted by Gasteiger charge is 2.47. The Morgan fingerprint density at radius 3 is 2.32 bits per heavy atom. The van der Waals surface area contributed by atoms with Crippen LogP contribution in [0.25, 0.3) is 11.0 Å². The molecule has 0 aromatic carbocycles. The highest BCUT2D eigenvalue weighted by atomic mass is 32.2. The van der Waals surface area contributed by atoms with Crippen molar-refractivity contribution in [2.75, 3.05) is 24.7 Å². The topological polar surface area (TPSA) is 117 Å². The van der Waals surface area contributed by atoms with Crippen LogP contribution in [0.5, 0.6) is 0 Å². The molecule has 192 valence electrons. The average molecular weight is 535 g/mol. The standard InChI is InChI=1S/C21H24B5F2N5O4S/c1-10-11(3-4-14(10)34)7-33-15-12(5-13(16(33)35)21(26,27)28)6-29-18(30-15)31-17-19(22,23)8-32(38(2,36)37)9-20(17,24)25/h5-6,10-11,14,17,34H,3-4,7-9H2,1-2H3,(H,29,30,31)/t10-,11+,14-/m0/s1. The fraction of sp³-hybridized carbons (Fsp3) is 0.667. The van der Waals surface area contributed by atoms with E-state index in [1.807, 2.05) is 6.92 Å². The number of piperidine rings is 1. The Hall–Kier alpha value is -1.86. The second-order valence-electron chi connectivity index (χ2n) is 10.7. The van der Waals surface area contributed by atoms with Crippen molar-refractivity contribution >= 4 is 66.2 Å². The van der Waals surface area contributed by atoms with E-state index in [0.29, 0.717) is 12.8 Å². The lowest BCUT2D eigenvalue weighted by atomic mass is 9.36. The van der Waals surface area contributed by atoms with Crippen molar-refractivity contribution in [1.82, 2.24) is 18.8 Å². The van der Waals surface area contributed by atoms with Crippen LogP contribution in [0.15, 0.2) is 17.1 Å². The number of aliphatic hydroxyl groups excluding tert-OH is 1. The van der Waals surface area contributed by atoms with Crippen LogP contribution in [-0.4, -0.2) is 103 Å². The molecule has 2 aromatic rings. The van der Waals surface area contributed by atoms with Gasteiger partial charge in [-0.3, -0.25) is 9.36 Å². The van der Waals surface area contributed by atoms with Crippen LogP contribution in [0.1, 0.15) is 25.3 Å². The summed E-state index contributed by atoms with van der Waals surface area (Å²) < 4.78 is 54.5. The van der Waals surface area contributed by atoms with Gasteiger partial charge in [0.15, 0.2) is 7.85 Å². The molecule has 3 heterocycles. The average Bonchev–Trinajstić information content (AvgIpc) is 3.08. The quantitative estimate of drug-likeness (QED) is 0.475. The molecule has 0 unspecified atom stereocenters. The van der Waals surface area contributed by atoms with Crippen LogP contribution in [-0.2, 0) is 22.4 Å². The number of aliphatic hydroxyl groups is 1. The van der Waals surface area contributed by atoms with E-state index < -0.39 is 49.5 Å². The molecular formula is C21H24B5F2N5O4S. The lowest BCUT2D eigenvalue weighted by molar-refractivity contribution is 0.0916. The molecule has 2 fully saturated rings. The molecule has 1 aliphatic heterocycles. The Kier molecular flexibility index (Phi) is 7.40. The summed E-state index contributed by atoms with van der Waals surface area (Å²) in [5, 5.41) is 9.61. The molecule has 9 nitrogen and oxygen atoms in total. The highest BCUT2D eigenvalue weighted by molar-refractivity contribution is 7.88. The van der Waals surface area contributed by atoms with E-state index in [9.17, 15) is 27.1 Å². The summed E-state index contributed by atoms with van der Waals surface area (Å²) in [6.07, 6.45) is 2.72. The van der Waals surface area contributed by atoms with Crippen LogP contribution in [0.3, 0.4) is 0 Å². The molecule has 2 N–H and O–H groups in total. The van der Waals surface area contributed by atoms with Gasteiger partial charge in [0.1, 0.15) is 5.65 Å². The Morgan fingerprint density at radius 2 is 1.82 bits per heavy atom. The molecule has 2 aromatic heterocycles. The van der Waals surface area contributed by atoms with E-state index in [-0.39, 0.29) is 48.5 Å². The van der Waals surface area contributed by atoms with E-state index in [1.54, 1.807) is 0 Å². The van der Waals surface area contributed by atoms with Crippen molar-refractivity contribution < 1.29 is 22.3 Å². The predicted octanol–water partition coefficient (Wildman–Crippen LogP) is -0.622. The SMILES string of the molecule is [B]C(F)(F)c1cc2cnc(NC3C([B])([B])CN(S(C)(=O)=O)CC3([B])[B])nc2n(C[C@H]2CC[C@H](O)[C@H]2C)c1=O. The van der Waals surface area contributed by atoms with Gasteiger partial charge in [-0.1, -0.05) is 17.4 Å². The fourth-order valence-corrected chi connectivity index (χ4v) is 6.25. The highest BCUT2D eigenvalue weighted by Crippen LogP contribution is 2.44. The van der Waals surface area contributed by atoms with E-state index in [1.165, 1.54) is 6.20 Å². The zero-order valence-corrected chi connectivity index (χ0v) is 21.8. The van der Waals surface area contributed by atoms with Crippen molar-refractivity contribution in [3.63, 3.8) is 0 Å². The van der Waals surface area contributed by atoms with Crippen LogP contribution >= 0.6 is 0 Å². The second-order valence-corrected chi connectivity index (χ2v) is 12.6. The number of aromatic nitrogens is 3. The van der Waals surface area contributed by atoms with Crippen molar-refractivity contribution in [3.05, 3.63) is 28.2 Å². The van der Waals surface area contributed by atoms with Gasteiger partial charge < -0.3 is 10.4 Å². The maximum Gasteiger partial charge on any atom is 0.260 e. The normalized spacial score (nSPS) is 26.5. The number of anilines is 1. The summed E-state index contributed by atoms with van der Waals surface area (Å²) in [6.45, 7) is 1.21. The molecule has 1 aliphatic carbocycles. The third-order valence-corrected chi connectivity index (χ3v) is 8.70. The Balaban J connectivity index is 1.77. The summed E-state index contributed by atoms with van der Waals surface area (Å²) in [7, 11) is 26.2. The number of fused-ring (bicyclic) bond motifs is 1. The van der Waals surface area contributed by atoms with Gasteiger partial charge in [-0.25, -0.2) is 26.5 Å². The Bertz CT molecular complexity index is 1390. The van der Waals surface area contributed by atoms with Crippen molar-refractivity contribution in [2.24, 2.45) is 11.8 Å². The van der Waals surface area contributed by atoms with Gasteiger partial charge in [0.2, 0.25) is 21.8 Å². The van der Waals surface area contributed by atoms with Gasteiger partial charge >= 0.3 is 0 Å². The number of nitrogens with zero attached hydrogens (tertiary/aromatic N) is 4. The van der Waals surface area contributed by atoms with Gasteiger partial charge in [-0.2, -0.15) is 4.98 Å². The zero-order valence-electron chi connectivity index (χ0n) is 21.0. The first-order valence-electron chi connectivity index (χ1n) is 11.9. The lowest BCUT2D eigenvalue weighted by Crippen LogP contribution is -2.60. The zero-order chi connectivity index (χ0) is 28.4. The number of nitrogens with one attached hydrogen (secondary N) is 1. The van der Waals surface area contributed by atoms with Crippen molar-refractivity contribution in [3.8, 4) is 0 Å². The van der Waals surface area contributed by atoms with Crippen LogP contribution in [0.2, 0.25) is 10.4 Å². The molecular weight excluding hydrogens is 510 g/mol. The molecule has 3 atom stereocenters. The van der Waals surface area contributed by atoms with Gasteiger partial charge in [0.25, 0.3) is 5.56 Å². The van der Waals surface area contributed by atoms with Crippen LogP contribution in [0.4, 0.5) is 14.7 Å². The van der Waals surface area contributed by atoms with Gasteiger partial charge in [-0.15, -0.1) is 0 Å². The first kappa shape index (κ1) is 29.1. The van der Waals surface area contributed by atoms with Gasteiger partial charge in [-0.05, 0) is 30.7 Å². The molecule has 4 rings (SSSR count). The number of alkyl halides is 2. The summed E-state index contributed by atoms with van der Waals surface area (Å²) in [6, 6.07) is -0.204. The molecule has 17 heteroatoms. The minimum Gasteiger partial charge on any atom is -0.393 e. The second kappa shape index (κ2) is 9.65.